The van der Waals surface area contributed by atoms with Gasteiger partial charge in [0, 0.05) is 29.0 Å². The lowest BCUT2D eigenvalue weighted by Gasteiger charge is -2.15. The Balaban J connectivity index is 1.84. The molecule has 2 aromatic heterocycles. The summed E-state index contributed by atoms with van der Waals surface area (Å²) in [7, 11) is 4.01. The van der Waals surface area contributed by atoms with E-state index >= 15 is 0 Å². The molecule has 1 N–H and O–H groups in total. The number of rotatable bonds is 2. The average Bonchev–Trinajstić information content (AvgIpc) is 2.76. The van der Waals surface area contributed by atoms with Gasteiger partial charge in [-0.05, 0) is 65.4 Å². The number of thiophene rings is 1. The number of fused-ring (bicyclic) bond motifs is 3. The number of nitrogens with zero attached hydrogens (tertiary/aromatic N) is 2. The van der Waals surface area contributed by atoms with E-state index in [-0.39, 0.29) is 5.56 Å². The molecule has 0 unspecified atom stereocenters. The Labute approximate surface area is 159 Å². The Morgan fingerprint density at radius 2 is 2.00 bits per heavy atom. The van der Waals surface area contributed by atoms with E-state index in [1.54, 1.807) is 11.3 Å². The highest BCUT2D eigenvalue weighted by Crippen LogP contribution is 2.34. The van der Waals surface area contributed by atoms with Crippen LogP contribution >= 0.6 is 27.3 Å². The molecule has 6 heteroatoms. The van der Waals surface area contributed by atoms with Crippen molar-refractivity contribution in [1.82, 2.24) is 9.97 Å². The van der Waals surface area contributed by atoms with Gasteiger partial charge in [0.15, 0.2) is 0 Å². The third kappa shape index (κ3) is 3.02. The SMILES string of the molecule is CN(C)c1ccc(-c2nc3sc4c(c3c(=O)[nH]2)CCCCC4)cc1Br. The van der Waals surface area contributed by atoms with Crippen molar-refractivity contribution in [2.24, 2.45) is 0 Å². The summed E-state index contributed by atoms with van der Waals surface area (Å²) < 4.78 is 0.986. The predicted octanol–water partition coefficient (Wildman–Crippen LogP) is 4.75. The monoisotopic (exact) mass is 417 g/mol. The quantitative estimate of drug-likeness (QED) is 0.611. The molecule has 0 amide bonds. The minimum absolute atomic E-state index is 0.00721. The summed E-state index contributed by atoms with van der Waals surface area (Å²) in [5, 5.41) is 0.814. The molecule has 0 atom stereocenters. The molecule has 25 heavy (non-hydrogen) atoms. The number of H-pyrrole nitrogens is 1. The summed E-state index contributed by atoms with van der Waals surface area (Å²) in [6.07, 6.45) is 5.71. The van der Waals surface area contributed by atoms with E-state index in [1.165, 1.54) is 29.7 Å². The topological polar surface area (TPSA) is 49.0 Å². The summed E-state index contributed by atoms with van der Waals surface area (Å²) >= 11 is 5.31. The molecular formula is C19H20BrN3OS. The van der Waals surface area contributed by atoms with Crippen LogP contribution < -0.4 is 10.5 Å². The third-order valence-corrected chi connectivity index (χ3v) is 6.60. The lowest BCUT2D eigenvalue weighted by molar-refractivity contribution is 0.713. The van der Waals surface area contributed by atoms with Gasteiger partial charge in [0.05, 0.1) is 11.1 Å². The van der Waals surface area contributed by atoms with Crippen LogP contribution in [-0.4, -0.2) is 24.1 Å². The van der Waals surface area contributed by atoms with Crippen molar-refractivity contribution in [2.45, 2.75) is 32.1 Å². The first-order chi connectivity index (χ1) is 12.0. The largest absolute Gasteiger partial charge is 0.377 e. The second-order valence-corrected chi connectivity index (χ2v) is 8.66. The lowest BCUT2D eigenvalue weighted by atomic mass is 10.1. The second kappa shape index (κ2) is 6.57. The Morgan fingerprint density at radius 3 is 2.76 bits per heavy atom. The van der Waals surface area contributed by atoms with Gasteiger partial charge in [0.1, 0.15) is 10.7 Å². The van der Waals surface area contributed by atoms with E-state index in [4.69, 9.17) is 4.98 Å². The smallest absolute Gasteiger partial charge is 0.260 e. The van der Waals surface area contributed by atoms with Gasteiger partial charge in [-0.25, -0.2) is 4.98 Å². The maximum Gasteiger partial charge on any atom is 0.260 e. The van der Waals surface area contributed by atoms with Gasteiger partial charge >= 0.3 is 0 Å². The molecule has 0 aliphatic heterocycles. The molecule has 1 aliphatic rings. The molecule has 3 aromatic rings. The molecular weight excluding hydrogens is 398 g/mol. The van der Waals surface area contributed by atoms with E-state index < -0.39 is 0 Å². The van der Waals surface area contributed by atoms with Crippen LogP contribution in [-0.2, 0) is 12.8 Å². The highest BCUT2D eigenvalue weighted by molar-refractivity contribution is 9.10. The van der Waals surface area contributed by atoms with Crippen molar-refractivity contribution in [1.29, 1.82) is 0 Å². The Morgan fingerprint density at radius 1 is 1.20 bits per heavy atom. The third-order valence-electron chi connectivity index (χ3n) is 4.78. The summed E-state index contributed by atoms with van der Waals surface area (Å²) in [6.45, 7) is 0. The van der Waals surface area contributed by atoms with Crippen LogP contribution in [0.1, 0.15) is 29.7 Å². The van der Waals surface area contributed by atoms with Crippen LogP contribution in [0.3, 0.4) is 0 Å². The van der Waals surface area contributed by atoms with E-state index in [9.17, 15) is 4.79 Å². The predicted molar refractivity (Wildman–Crippen MR) is 109 cm³/mol. The van der Waals surface area contributed by atoms with Crippen LogP contribution in [0.15, 0.2) is 27.5 Å². The first-order valence-corrected chi connectivity index (χ1v) is 10.2. The molecule has 130 valence electrons. The zero-order chi connectivity index (χ0) is 17.6. The fraction of sp³-hybridized carbons (Fsp3) is 0.368. The van der Waals surface area contributed by atoms with Gasteiger partial charge in [-0.15, -0.1) is 11.3 Å². The Kier molecular flexibility index (Phi) is 4.41. The fourth-order valence-electron chi connectivity index (χ4n) is 3.49. The minimum atomic E-state index is -0.00721. The van der Waals surface area contributed by atoms with E-state index in [2.05, 4.69) is 20.9 Å². The highest BCUT2D eigenvalue weighted by Gasteiger charge is 2.19. The number of nitrogens with one attached hydrogen (secondary N) is 1. The molecule has 0 saturated heterocycles. The molecule has 4 nitrogen and oxygen atoms in total. The number of hydrogen-bond donors (Lipinski definition) is 1. The van der Waals surface area contributed by atoms with E-state index in [0.717, 1.165) is 38.8 Å². The average molecular weight is 418 g/mol. The van der Waals surface area contributed by atoms with Gasteiger partial charge < -0.3 is 9.88 Å². The summed E-state index contributed by atoms with van der Waals surface area (Å²) in [4.78, 5) is 24.8. The highest BCUT2D eigenvalue weighted by atomic mass is 79.9. The van der Waals surface area contributed by atoms with Crippen molar-refractivity contribution in [3.63, 3.8) is 0 Å². The van der Waals surface area contributed by atoms with Crippen LogP contribution in [0.2, 0.25) is 0 Å². The lowest BCUT2D eigenvalue weighted by Crippen LogP contribution is -2.11. The molecule has 1 aliphatic carbocycles. The maximum absolute atomic E-state index is 12.8. The number of hydrogen-bond acceptors (Lipinski definition) is 4. The molecule has 4 rings (SSSR count). The van der Waals surface area contributed by atoms with E-state index in [1.807, 2.05) is 37.2 Å². The molecule has 0 fully saturated rings. The molecule has 2 heterocycles. The van der Waals surface area contributed by atoms with Gasteiger partial charge in [-0.3, -0.25) is 4.79 Å². The van der Waals surface area contributed by atoms with Crippen molar-refractivity contribution in [3.8, 4) is 11.4 Å². The maximum atomic E-state index is 12.8. The van der Waals surface area contributed by atoms with E-state index in [0.29, 0.717) is 5.82 Å². The molecule has 0 radical (unpaired) electrons. The van der Waals surface area contributed by atoms with Crippen LogP contribution in [0.4, 0.5) is 5.69 Å². The van der Waals surface area contributed by atoms with Gasteiger partial charge in [-0.1, -0.05) is 6.42 Å². The molecule has 0 bridgehead atoms. The molecule has 1 aromatic carbocycles. The number of anilines is 1. The summed E-state index contributed by atoms with van der Waals surface area (Å²) in [6, 6.07) is 6.05. The van der Waals surface area contributed by atoms with Gasteiger partial charge in [0.25, 0.3) is 5.56 Å². The first-order valence-electron chi connectivity index (χ1n) is 8.56. The number of halogens is 1. The number of benzene rings is 1. The van der Waals surface area contributed by atoms with Gasteiger partial charge in [0.2, 0.25) is 0 Å². The normalized spacial score (nSPS) is 14.4. The fourth-order valence-corrected chi connectivity index (χ4v) is 5.49. The van der Waals surface area contributed by atoms with Gasteiger partial charge in [-0.2, -0.15) is 0 Å². The Hall–Kier alpha value is -1.66. The summed E-state index contributed by atoms with van der Waals surface area (Å²) in [5.41, 5.74) is 3.24. The molecule has 0 saturated carbocycles. The van der Waals surface area contributed by atoms with Crippen LogP contribution in [0.25, 0.3) is 21.6 Å². The zero-order valence-corrected chi connectivity index (χ0v) is 16.8. The summed E-state index contributed by atoms with van der Waals surface area (Å²) in [5.74, 6) is 0.639. The number of aromatic amines is 1. The van der Waals surface area contributed by atoms with Crippen molar-refractivity contribution in [2.75, 3.05) is 19.0 Å². The minimum Gasteiger partial charge on any atom is -0.377 e. The number of aromatic nitrogens is 2. The first kappa shape index (κ1) is 16.8. The van der Waals surface area contributed by atoms with Crippen LogP contribution in [0.5, 0.6) is 0 Å². The zero-order valence-electron chi connectivity index (χ0n) is 14.4. The number of aryl methyl sites for hydroxylation is 2. The Bertz CT molecular complexity index is 1010. The second-order valence-electron chi connectivity index (χ2n) is 6.72. The standard InChI is InChI=1S/C19H20BrN3OS/c1-23(2)14-9-8-11(10-13(14)20)17-21-18(24)16-12-6-4-3-5-7-15(12)25-19(16)22-17/h8-10H,3-7H2,1-2H3,(H,21,22,24). The van der Waals surface area contributed by atoms with Crippen LogP contribution in [0, 0.1) is 0 Å². The van der Waals surface area contributed by atoms with Crippen molar-refractivity contribution >= 4 is 43.2 Å². The van der Waals surface area contributed by atoms with Crippen molar-refractivity contribution < 1.29 is 0 Å². The van der Waals surface area contributed by atoms with Crippen molar-refractivity contribution in [3.05, 3.63) is 43.5 Å². The molecule has 0 spiro atoms.